The van der Waals surface area contributed by atoms with Crippen molar-refractivity contribution in [1.82, 2.24) is 4.67 Å². The monoisotopic (exact) mass is 291 g/mol. The molecule has 3 nitrogen and oxygen atoms in total. The zero-order valence-corrected chi connectivity index (χ0v) is 14.2. The van der Waals surface area contributed by atoms with Crippen LogP contribution < -0.4 is 0 Å². The predicted octanol–water partition coefficient (Wildman–Crippen LogP) is 2.54. The van der Waals surface area contributed by atoms with E-state index in [9.17, 15) is 4.39 Å². The molecule has 0 saturated carbocycles. The van der Waals surface area contributed by atoms with Crippen molar-refractivity contribution in [2.45, 2.75) is 77.5 Å². The van der Waals surface area contributed by atoms with E-state index in [0.717, 1.165) is 6.42 Å². The van der Waals surface area contributed by atoms with Crippen molar-refractivity contribution in [3.63, 3.8) is 0 Å². The molecule has 1 unspecified atom stereocenters. The molecule has 1 rings (SSSR count). The van der Waals surface area contributed by atoms with Crippen LogP contribution in [0.4, 0.5) is 4.39 Å². The smallest absolute Gasteiger partial charge is 0.147 e. The van der Waals surface area contributed by atoms with Gasteiger partial charge in [0, 0.05) is 12.1 Å². The molecule has 0 aliphatic carbocycles. The number of ether oxygens (including phenoxy) is 1. The molecule has 19 heavy (non-hydrogen) atoms. The van der Waals surface area contributed by atoms with Crippen molar-refractivity contribution in [2.24, 2.45) is 0 Å². The van der Waals surface area contributed by atoms with Crippen LogP contribution in [-0.4, -0.2) is 55.6 Å². The van der Waals surface area contributed by atoms with Gasteiger partial charge in [-0.2, -0.15) is 0 Å². The van der Waals surface area contributed by atoms with E-state index in [2.05, 4.69) is 39.0 Å². The van der Waals surface area contributed by atoms with Crippen molar-refractivity contribution >= 4 is 16.1 Å². The molecule has 0 aromatic rings. The van der Waals surface area contributed by atoms with Gasteiger partial charge >= 0.3 is 0 Å². The highest BCUT2D eigenvalue weighted by Gasteiger charge is 2.44. The van der Waals surface area contributed by atoms with Gasteiger partial charge in [-0.05, 0) is 40.8 Å². The van der Waals surface area contributed by atoms with Gasteiger partial charge in [0.2, 0.25) is 0 Å². The summed E-state index contributed by atoms with van der Waals surface area (Å²) in [5, 5.41) is 0. The lowest BCUT2D eigenvalue weighted by atomic mass is 9.94. The van der Waals surface area contributed by atoms with Crippen molar-refractivity contribution in [3.8, 4) is 0 Å². The lowest BCUT2D eigenvalue weighted by Gasteiger charge is -2.37. The molecule has 112 valence electrons. The molecule has 6 heteroatoms. The summed E-state index contributed by atoms with van der Waals surface area (Å²) in [6.07, 6.45) is -0.759. The molecule has 0 amide bonds. The minimum Gasteiger partial charge on any atom is -0.378 e. The zero-order valence-electron chi connectivity index (χ0n) is 13.3. The molecule has 0 aromatic heterocycles. The molecule has 5 atom stereocenters. The summed E-state index contributed by atoms with van der Waals surface area (Å²) in [5.74, 6) is 0. The Balaban J connectivity index is 2.71. The second kappa shape index (κ2) is 7.35. The maximum Gasteiger partial charge on any atom is 0.147 e. The summed E-state index contributed by atoms with van der Waals surface area (Å²) in [6, 6.07) is 0.438. The van der Waals surface area contributed by atoms with Gasteiger partial charge in [-0.15, -0.1) is 0 Å². The van der Waals surface area contributed by atoms with E-state index >= 15 is 0 Å². The Hall–Kier alpha value is 0.305. The largest absolute Gasteiger partial charge is 0.378 e. The number of nitrogens with zero attached hydrogens (tertiary/aromatic N) is 1. The maximum absolute atomic E-state index is 14.2. The third-order valence-electron chi connectivity index (χ3n) is 3.58. The van der Waals surface area contributed by atoms with Crippen molar-refractivity contribution in [1.29, 1.82) is 0 Å². The molecule has 1 aliphatic rings. The van der Waals surface area contributed by atoms with Crippen LogP contribution in [0.5, 0.6) is 0 Å². The molecule has 1 heterocycles. The summed E-state index contributed by atoms with van der Waals surface area (Å²) in [6.45, 7) is 12.7. The molecule has 0 N–H and O–H groups in total. The first kappa shape index (κ1) is 17.4. The molecule has 1 fully saturated rings. The van der Waals surface area contributed by atoms with E-state index in [1.54, 1.807) is 7.85 Å². The maximum atomic E-state index is 14.2. The van der Waals surface area contributed by atoms with E-state index < -0.39 is 20.6 Å². The van der Waals surface area contributed by atoms with Crippen LogP contribution in [0, 0.1) is 0 Å². The second-order valence-corrected chi connectivity index (χ2v) is 7.44. The highest BCUT2D eigenvalue weighted by molar-refractivity contribution is 7.49. The Morgan fingerprint density at radius 2 is 1.84 bits per heavy atom. The third-order valence-corrected chi connectivity index (χ3v) is 5.70. The van der Waals surface area contributed by atoms with E-state index in [-0.39, 0.29) is 12.1 Å². The molecule has 0 bridgehead atoms. The first-order valence-corrected chi connectivity index (χ1v) is 8.93. The summed E-state index contributed by atoms with van der Waals surface area (Å²) >= 11 is 0. The molecule has 0 aromatic carbocycles. The van der Waals surface area contributed by atoms with Crippen LogP contribution in [0.3, 0.4) is 0 Å². The lowest BCUT2D eigenvalue weighted by molar-refractivity contribution is 0.0400. The van der Waals surface area contributed by atoms with Crippen molar-refractivity contribution in [3.05, 3.63) is 0 Å². The average molecular weight is 291 g/mol. The van der Waals surface area contributed by atoms with E-state index in [1.807, 2.05) is 6.92 Å². The van der Waals surface area contributed by atoms with E-state index in [4.69, 9.17) is 9.26 Å². The highest BCUT2D eigenvalue weighted by atomic mass is 31.2. The highest BCUT2D eigenvalue weighted by Crippen LogP contribution is 2.45. The van der Waals surface area contributed by atoms with Gasteiger partial charge in [-0.25, -0.2) is 4.39 Å². The normalized spacial score (nSPS) is 33.6. The molecular formula is C13H28BFNO2P. The lowest BCUT2D eigenvalue weighted by Crippen LogP contribution is -2.37. The minimum absolute atomic E-state index is 0.115. The second-order valence-electron chi connectivity index (χ2n) is 5.83. The van der Waals surface area contributed by atoms with Gasteiger partial charge in [-0.3, -0.25) is 4.67 Å². The summed E-state index contributed by atoms with van der Waals surface area (Å²) in [7, 11) is 0.990. The van der Waals surface area contributed by atoms with E-state index in [0.29, 0.717) is 12.1 Å². The summed E-state index contributed by atoms with van der Waals surface area (Å²) < 4.78 is 28.2. The average Bonchev–Trinajstić information content (AvgIpc) is 2.55. The molecular weight excluding hydrogens is 263 g/mol. The molecule has 1 aliphatic heterocycles. The Morgan fingerprint density at radius 3 is 2.26 bits per heavy atom. The van der Waals surface area contributed by atoms with Gasteiger partial charge in [0.1, 0.15) is 28.4 Å². The SMILES string of the molecule is B[C@@H]1O[C@H](CC)[C@@H](OP(C)N(C(C)C)C(C)C)[C@@H]1F. The Labute approximate surface area is 119 Å². The van der Waals surface area contributed by atoms with Gasteiger partial charge in [0.05, 0.1) is 12.1 Å². The van der Waals surface area contributed by atoms with Gasteiger partial charge < -0.3 is 9.26 Å². The standard InChI is InChI=1S/C13H28BFNO2P/c1-7-10-12(11(15)13(14)17-10)18-19(6)16(8(2)3)9(4)5/h8-13H,7,14H2,1-6H3/t10-,11+,12-,13-,19?/m1/s1. The van der Waals surface area contributed by atoms with Crippen LogP contribution in [0.25, 0.3) is 0 Å². The van der Waals surface area contributed by atoms with E-state index in [1.165, 1.54) is 0 Å². The summed E-state index contributed by atoms with van der Waals surface area (Å²) in [5.41, 5.74) is 0. The van der Waals surface area contributed by atoms with Crippen molar-refractivity contribution in [2.75, 3.05) is 6.66 Å². The Kier molecular flexibility index (Phi) is 6.72. The topological polar surface area (TPSA) is 21.7 Å². The first-order valence-electron chi connectivity index (χ1n) is 7.27. The number of hydrogen-bond donors (Lipinski definition) is 0. The van der Waals surface area contributed by atoms with Crippen LogP contribution in [0.15, 0.2) is 0 Å². The van der Waals surface area contributed by atoms with Crippen LogP contribution in [0.2, 0.25) is 0 Å². The number of halogens is 1. The van der Waals surface area contributed by atoms with Crippen LogP contribution >= 0.6 is 8.30 Å². The fraction of sp³-hybridized carbons (Fsp3) is 1.00. The molecule has 1 saturated heterocycles. The fourth-order valence-electron chi connectivity index (χ4n) is 2.83. The van der Waals surface area contributed by atoms with Gasteiger partial charge in [0.25, 0.3) is 0 Å². The van der Waals surface area contributed by atoms with Gasteiger partial charge in [-0.1, -0.05) is 6.92 Å². The summed E-state index contributed by atoms with van der Waals surface area (Å²) in [4.78, 5) is 0. The molecule has 0 spiro atoms. The number of rotatable bonds is 6. The minimum atomic E-state index is -1.02. The Morgan fingerprint density at radius 1 is 1.32 bits per heavy atom. The third kappa shape index (κ3) is 4.14. The van der Waals surface area contributed by atoms with Crippen molar-refractivity contribution < 1.29 is 13.7 Å². The first-order chi connectivity index (χ1) is 8.79. The van der Waals surface area contributed by atoms with Gasteiger partial charge in [0.15, 0.2) is 0 Å². The zero-order chi connectivity index (χ0) is 14.7. The quantitative estimate of drug-likeness (QED) is 0.554. The number of hydrogen-bond acceptors (Lipinski definition) is 3. The van der Waals surface area contributed by atoms with Crippen LogP contribution in [-0.2, 0) is 9.26 Å². The Bertz CT molecular complexity index is 275. The predicted molar refractivity (Wildman–Crippen MR) is 82.2 cm³/mol. The van der Waals surface area contributed by atoms with Crippen LogP contribution in [0.1, 0.15) is 41.0 Å². The number of alkyl halides is 1. The molecule has 0 radical (unpaired) electrons. The fourth-order valence-corrected chi connectivity index (χ4v) is 4.85.